The van der Waals surface area contributed by atoms with Crippen molar-refractivity contribution in [1.82, 2.24) is 20.8 Å². The Morgan fingerprint density at radius 1 is 0.833 bits per heavy atom. The van der Waals surface area contributed by atoms with E-state index in [1.807, 2.05) is 36.4 Å². The molecule has 4 aromatic rings. The number of hydrogen-bond donors (Lipinski definition) is 2. The Kier molecular flexibility index (Phi) is 5.67. The number of para-hydroxylation sites is 1. The van der Waals surface area contributed by atoms with Crippen LogP contribution in [0.1, 0.15) is 20.8 Å². The molecule has 2 aromatic heterocycles. The van der Waals surface area contributed by atoms with Gasteiger partial charge in [0.05, 0.1) is 11.1 Å². The molecule has 0 spiro atoms. The molecular formula is C22H15BrN4O3. The summed E-state index contributed by atoms with van der Waals surface area (Å²) in [4.78, 5) is 33.0. The molecule has 0 saturated heterocycles. The van der Waals surface area contributed by atoms with Crippen molar-refractivity contribution in [2.75, 3.05) is 0 Å². The van der Waals surface area contributed by atoms with Crippen LogP contribution in [0.25, 0.3) is 10.9 Å². The fraction of sp³-hybridized carbons (Fsp3) is 0. The topological polar surface area (TPSA) is 93.2 Å². The van der Waals surface area contributed by atoms with E-state index in [1.165, 1.54) is 6.20 Å². The molecular weight excluding hydrogens is 448 g/mol. The average Bonchev–Trinajstić information content (AvgIpc) is 2.79. The summed E-state index contributed by atoms with van der Waals surface area (Å²) in [5.74, 6) is -0.0552. The van der Waals surface area contributed by atoms with Crippen LogP contribution in [0, 0.1) is 0 Å². The second kappa shape index (κ2) is 8.71. The highest BCUT2D eigenvalue weighted by molar-refractivity contribution is 9.10. The lowest BCUT2D eigenvalue weighted by Gasteiger charge is -2.08. The van der Waals surface area contributed by atoms with Crippen LogP contribution in [0.3, 0.4) is 0 Å². The second-order valence-corrected chi connectivity index (χ2v) is 7.15. The van der Waals surface area contributed by atoms with Gasteiger partial charge in [-0.05, 0) is 42.5 Å². The van der Waals surface area contributed by atoms with Crippen LogP contribution in [-0.4, -0.2) is 21.8 Å². The Hall–Kier alpha value is -3.78. The third-order valence-electron chi connectivity index (χ3n) is 4.16. The van der Waals surface area contributed by atoms with Gasteiger partial charge in [0.25, 0.3) is 11.8 Å². The highest BCUT2D eigenvalue weighted by Gasteiger charge is 2.11. The number of ether oxygens (including phenoxy) is 1. The van der Waals surface area contributed by atoms with Crippen LogP contribution in [0.2, 0.25) is 0 Å². The molecule has 0 unspecified atom stereocenters. The molecule has 0 atom stereocenters. The Bertz CT molecular complexity index is 1210. The van der Waals surface area contributed by atoms with E-state index in [1.54, 1.807) is 36.4 Å². The molecule has 0 aliphatic rings. The lowest BCUT2D eigenvalue weighted by Crippen LogP contribution is -2.42. The first-order valence-electron chi connectivity index (χ1n) is 8.94. The predicted molar refractivity (Wildman–Crippen MR) is 115 cm³/mol. The fourth-order valence-corrected chi connectivity index (χ4v) is 2.90. The summed E-state index contributed by atoms with van der Waals surface area (Å²) in [5.41, 5.74) is 5.88. The summed E-state index contributed by atoms with van der Waals surface area (Å²) < 4.78 is 6.56. The molecule has 148 valence electrons. The molecule has 0 fully saturated rings. The van der Waals surface area contributed by atoms with Crippen LogP contribution in [0.4, 0.5) is 0 Å². The van der Waals surface area contributed by atoms with Crippen molar-refractivity contribution >= 4 is 38.6 Å². The maximum absolute atomic E-state index is 12.3. The first kappa shape index (κ1) is 19.5. The van der Waals surface area contributed by atoms with E-state index in [9.17, 15) is 9.59 Å². The van der Waals surface area contributed by atoms with Crippen LogP contribution in [0.5, 0.6) is 11.6 Å². The number of nitrogens with one attached hydrogen (secondary N) is 2. The SMILES string of the molecule is O=C(NNC(=O)c1ccc2ccccc2n1)c1ccc(Oc2ccc(Br)cc2)nc1. The summed E-state index contributed by atoms with van der Waals surface area (Å²) in [6.45, 7) is 0. The number of hydrazine groups is 1. The monoisotopic (exact) mass is 462 g/mol. The number of carbonyl (C=O) groups excluding carboxylic acids is 2. The smallest absolute Gasteiger partial charge is 0.288 e. The van der Waals surface area contributed by atoms with E-state index >= 15 is 0 Å². The number of nitrogens with zero attached hydrogens (tertiary/aromatic N) is 2. The van der Waals surface area contributed by atoms with E-state index in [-0.39, 0.29) is 11.3 Å². The molecule has 2 N–H and O–H groups in total. The molecule has 8 heteroatoms. The van der Waals surface area contributed by atoms with Crippen LogP contribution < -0.4 is 15.6 Å². The summed E-state index contributed by atoms with van der Waals surface area (Å²) in [6, 6.07) is 21.3. The number of rotatable bonds is 4. The van der Waals surface area contributed by atoms with E-state index in [4.69, 9.17) is 4.74 Å². The maximum atomic E-state index is 12.3. The molecule has 0 aliphatic heterocycles. The zero-order chi connectivity index (χ0) is 20.9. The van der Waals surface area contributed by atoms with E-state index in [0.29, 0.717) is 17.1 Å². The number of pyridine rings is 2. The Morgan fingerprint density at radius 3 is 2.37 bits per heavy atom. The Balaban J connectivity index is 1.36. The number of aromatic nitrogens is 2. The van der Waals surface area contributed by atoms with Gasteiger partial charge in [0.15, 0.2) is 0 Å². The highest BCUT2D eigenvalue weighted by Crippen LogP contribution is 2.21. The van der Waals surface area contributed by atoms with E-state index in [2.05, 4.69) is 36.7 Å². The number of fused-ring (bicyclic) bond motifs is 1. The van der Waals surface area contributed by atoms with E-state index < -0.39 is 11.8 Å². The summed E-state index contributed by atoms with van der Waals surface area (Å²) in [5, 5.41) is 0.926. The van der Waals surface area contributed by atoms with Crippen molar-refractivity contribution in [3.05, 3.63) is 94.7 Å². The molecule has 0 radical (unpaired) electrons. The van der Waals surface area contributed by atoms with Crippen LogP contribution >= 0.6 is 15.9 Å². The van der Waals surface area contributed by atoms with Crippen LogP contribution in [0.15, 0.2) is 83.5 Å². The third-order valence-corrected chi connectivity index (χ3v) is 4.68. The van der Waals surface area contributed by atoms with Gasteiger partial charge in [0.2, 0.25) is 5.88 Å². The third kappa shape index (κ3) is 4.61. The zero-order valence-corrected chi connectivity index (χ0v) is 17.1. The number of hydrogen-bond acceptors (Lipinski definition) is 5. The first-order valence-corrected chi connectivity index (χ1v) is 9.74. The minimum Gasteiger partial charge on any atom is -0.439 e. The quantitative estimate of drug-likeness (QED) is 0.442. The number of amides is 2. The molecule has 0 aliphatic carbocycles. The summed E-state index contributed by atoms with van der Waals surface area (Å²) in [7, 11) is 0. The van der Waals surface area contributed by atoms with Crippen molar-refractivity contribution in [3.63, 3.8) is 0 Å². The van der Waals surface area contributed by atoms with Gasteiger partial charge in [-0.3, -0.25) is 20.4 Å². The first-order chi connectivity index (χ1) is 14.6. The normalized spacial score (nSPS) is 10.4. The molecule has 2 amide bonds. The predicted octanol–water partition coefficient (Wildman–Crippen LogP) is 4.26. The van der Waals surface area contributed by atoms with E-state index in [0.717, 1.165) is 9.86 Å². The average molecular weight is 463 g/mol. The molecule has 7 nitrogen and oxygen atoms in total. The van der Waals surface area contributed by atoms with Gasteiger partial charge in [-0.2, -0.15) is 0 Å². The molecule has 0 saturated carbocycles. The molecule has 30 heavy (non-hydrogen) atoms. The van der Waals surface area contributed by atoms with Gasteiger partial charge >= 0.3 is 0 Å². The summed E-state index contributed by atoms with van der Waals surface area (Å²) >= 11 is 3.36. The van der Waals surface area contributed by atoms with Crippen molar-refractivity contribution in [1.29, 1.82) is 0 Å². The standard InChI is InChI=1S/C22H15BrN4O3/c23-16-7-9-17(10-8-16)30-20-12-6-15(13-24-20)21(28)26-27-22(29)19-11-5-14-3-1-2-4-18(14)25-19/h1-13H,(H,26,28)(H,27,29). The molecule has 2 heterocycles. The number of carbonyl (C=O) groups is 2. The van der Waals surface area contributed by atoms with Crippen molar-refractivity contribution in [2.24, 2.45) is 0 Å². The van der Waals surface area contributed by atoms with Gasteiger partial charge < -0.3 is 4.74 Å². The largest absolute Gasteiger partial charge is 0.439 e. The molecule has 0 bridgehead atoms. The van der Waals surface area contributed by atoms with Gasteiger partial charge in [0, 0.05) is 22.1 Å². The van der Waals surface area contributed by atoms with Crippen molar-refractivity contribution < 1.29 is 14.3 Å². The molecule has 2 aromatic carbocycles. The second-order valence-electron chi connectivity index (χ2n) is 6.24. The van der Waals surface area contributed by atoms with Gasteiger partial charge in [-0.25, -0.2) is 9.97 Å². The number of halogens is 1. The Labute approximate surface area is 180 Å². The summed E-state index contributed by atoms with van der Waals surface area (Å²) in [6.07, 6.45) is 1.37. The van der Waals surface area contributed by atoms with Gasteiger partial charge in [-0.1, -0.05) is 40.2 Å². The Morgan fingerprint density at radius 2 is 1.60 bits per heavy atom. The maximum Gasteiger partial charge on any atom is 0.288 e. The van der Waals surface area contributed by atoms with Crippen LogP contribution in [-0.2, 0) is 0 Å². The molecule has 4 rings (SSSR count). The number of benzene rings is 2. The minimum absolute atomic E-state index is 0.199. The van der Waals surface area contributed by atoms with Gasteiger partial charge in [0.1, 0.15) is 11.4 Å². The van der Waals surface area contributed by atoms with Crippen molar-refractivity contribution in [2.45, 2.75) is 0 Å². The van der Waals surface area contributed by atoms with Crippen molar-refractivity contribution in [3.8, 4) is 11.6 Å². The zero-order valence-electron chi connectivity index (χ0n) is 15.5. The highest BCUT2D eigenvalue weighted by atomic mass is 79.9. The van der Waals surface area contributed by atoms with Gasteiger partial charge in [-0.15, -0.1) is 0 Å². The fourth-order valence-electron chi connectivity index (χ4n) is 2.64. The lowest BCUT2D eigenvalue weighted by atomic mass is 10.2. The minimum atomic E-state index is -0.516. The lowest BCUT2D eigenvalue weighted by molar-refractivity contribution is 0.0844.